The molecule has 0 N–H and O–H groups in total. The molecule has 1 aliphatic heterocycles. The predicted octanol–water partition coefficient (Wildman–Crippen LogP) is 2.14. The lowest BCUT2D eigenvalue weighted by molar-refractivity contribution is -0.112. The zero-order valence-corrected chi connectivity index (χ0v) is 14.7. The van der Waals surface area contributed by atoms with Gasteiger partial charge in [-0.15, -0.1) is 0 Å². The van der Waals surface area contributed by atoms with Gasteiger partial charge in [0.15, 0.2) is 0 Å². The molecule has 2 aromatic rings. The number of carbonyl (C=O) groups is 2. The van der Waals surface area contributed by atoms with Crippen molar-refractivity contribution in [2.24, 2.45) is 0 Å². The molecule has 0 spiro atoms. The van der Waals surface area contributed by atoms with Crippen LogP contribution in [-0.2, 0) is 4.79 Å². The fourth-order valence-electron chi connectivity index (χ4n) is 2.86. The van der Waals surface area contributed by atoms with Crippen molar-refractivity contribution in [2.75, 3.05) is 26.2 Å². The normalized spacial score (nSPS) is 16.5. The molecule has 1 atom stereocenters. The molecule has 1 amide bonds. The van der Waals surface area contributed by atoms with E-state index in [1.54, 1.807) is 23.1 Å². The number of nitrogens with zero attached hydrogens (tertiary/aromatic N) is 4. The Hall–Kier alpha value is -2.31. The highest BCUT2D eigenvalue weighted by molar-refractivity contribution is 6.30. The van der Waals surface area contributed by atoms with Gasteiger partial charge in [-0.1, -0.05) is 23.7 Å². The van der Waals surface area contributed by atoms with Crippen molar-refractivity contribution in [3.8, 4) is 11.3 Å². The van der Waals surface area contributed by atoms with Crippen molar-refractivity contribution in [3.05, 3.63) is 47.4 Å². The first kappa shape index (κ1) is 17.5. The first-order valence-electron chi connectivity index (χ1n) is 8.15. The number of rotatable bonds is 4. The largest absolute Gasteiger partial charge is 0.335 e. The fraction of sp³-hybridized carbons (Fsp3) is 0.333. The maximum absolute atomic E-state index is 12.7. The Balaban J connectivity index is 1.73. The molecule has 1 fully saturated rings. The molecule has 2 heterocycles. The van der Waals surface area contributed by atoms with Gasteiger partial charge in [0.1, 0.15) is 18.3 Å². The van der Waals surface area contributed by atoms with E-state index in [9.17, 15) is 9.59 Å². The van der Waals surface area contributed by atoms with Crippen LogP contribution in [0.4, 0.5) is 0 Å². The Labute approximate surface area is 151 Å². The second-order valence-corrected chi connectivity index (χ2v) is 6.44. The minimum Gasteiger partial charge on any atom is -0.335 e. The minimum absolute atomic E-state index is 0.120. The molecule has 0 aliphatic carbocycles. The molecule has 1 aromatic heterocycles. The van der Waals surface area contributed by atoms with Gasteiger partial charge in [0, 0.05) is 36.8 Å². The summed E-state index contributed by atoms with van der Waals surface area (Å²) in [7, 11) is 0. The van der Waals surface area contributed by atoms with Crippen LogP contribution in [0.25, 0.3) is 11.3 Å². The molecule has 0 radical (unpaired) electrons. The lowest BCUT2D eigenvalue weighted by Crippen LogP contribution is -2.51. The Morgan fingerprint density at radius 3 is 2.64 bits per heavy atom. The van der Waals surface area contributed by atoms with Crippen LogP contribution in [0.2, 0.25) is 5.02 Å². The van der Waals surface area contributed by atoms with E-state index in [1.165, 1.54) is 6.33 Å². The smallest absolute Gasteiger partial charge is 0.272 e. The van der Waals surface area contributed by atoms with E-state index in [0.29, 0.717) is 42.6 Å². The van der Waals surface area contributed by atoms with Crippen LogP contribution in [0.5, 0.6) is 0 Å². The van der Waals surface area contributed by atoms with Gasteiger partial charge in [-0.05, 0) is 25.1 Å². The Bertz CT molecular complexity index is 775. The van der Waals surface area contributed by atoms with Crippen molar-refractivity contribution in [1.82, 2.24) is 19.8 Å². The first-order chi connectivity index (χ1) is 12.1. The van der Waals surface area contributed by atoms with Crippen LogP contribution in [0.3, 0.4) is 0 Å². The quantitative estimate of drug-likeness (QED) is 0.783. The van der Waals surface area contributed by atoms with Crippen LogP contribution in [0.1, 0.15) is 17.4 Å². The summed E-state index contributed by atoms with van der Waals surface area (Å²) in [6, 6.07) is 8.90. The number of carbonyl (C=O) groups excluding carboxylic acids is 2. The number of amides is 1. The summed E-state index contributed by atoms with van der Waals surface area (Å²) in [5, 5.41) is 0.615. The maximum atomic E-state index is 12.7. The third-order valence-electron chi connectivity index (χ3n) is 4.38. The average Bonchev–Trinajstić information content (AvgIpc) is 2.67. The third-order valence-corrected chi connectivity index (χ3v) is 4.62. The molecule has 0 bridgehead atoms. The number of hydrogen-bond acceptors (Lipinski definition) is 5. The van der Waals surface area contributed by atoms with Gasteiger partial charge in [-0.3, -0.25) is 9.69 Å². The summed E-state index contributed by atoms with van der Waals surface area (Å²) in [5.74, 6) is -0.121. The van der Waals surface area contributed by atoms with E-state index in [1.807, 2.05) is 19.1 Å². The van der Waals surface area contributed by atoms with E-state index in [0.717, 1.165) is 11.8 Å². The van der Waals surface area contributed by atoms with Crippen molar-refractivity contribution >= 4 is 23.8 Å². The number of halogens is 1. The summed E-state index contributed by atoms with van der Waals surface area (Å²) < 4.78 is 0. The Morgan fingerprint density at radius 1 is 1.20 bits per heavy atom. The molecule has 1 saturated heterocycles. The second kappa shape index (κ2) is 7.72. The number of piperazine rings is 1. The highest BCUT2D eigenvalue weighted by Crippen LogP contribution is 2.21. The van der Waals surface area contributed by atoms with Crippen LogP contribution in [0.15, 0.2) is 36.7 Å². The third kappa shape index (κ3) is 4.03. The van der Waals surface area contributed by atoms with Crippen molar-refractivity contribution in [3.63, 3.8) is 0 Å². The molecular formula is C18H19ClN4O2. The number of aromatic nitrogens is 2. The minimum atomic E-state index is -0.121. The summed E-state index contributed by atoms with van der Waals surface area (Å²) in [4.78, 5) is 35.8. The molecule has 6 nitrogen and oxygen atoms in total. The first-order valence-corrected chi connectivity index (χ1v) is 8.53. The molecule has 130 valence electrons. The van der Waals surface area contributed by atoms with E-state index in [-0.39, 0.29) is 11.9 Å². The van der Waals surface area contributed by atoms with E-state index in [2.05, 4.69) is 14.9 Å². The lowest BCUT2D eigenvalue weighted by Gasteiger charge is -2.36. The standard InChI is InChI=1S/C18H19ClN4O2/c1-13(11-24)22-5-7-23(8-6-22)18(25)17-10-16(20-12-21-17)14-3-2-4-15(19)9-14/h2-4,9-13H,5-8H2,1H3. The van der Waals surface area contributed by atoms with E-state index < -0.39 is 0 Å². The predicted molar refractivity (Wildman–Crippen MR) is 95.5 cm³/mol. The number of hydrogen-bond donors (Lipinski definition) is 0. The molecule has 1 aliphatic rings. The number of benzene rings is 1. The zero-order chi connectivity index (χ0) is 17.8. The van der Waals surface area contributed by atoms with Crippen molar-refractivity contribution in [2.45, 2.75) is 13.0 Å². The monoisotopic (exact) mass is 358 g/mol. The van der Waals surface area contributed by atoms with Crippen molar-refractivity contribution in [1.29, 1.82) is 0 Å². The highest BCUT2D eigenvalue weighted by Gasteiger charge is 2.25. The van der Waals surface area contributed by atoms with Gasteiger partial charge in [0.25, 0.3) is 5.91 Å². The van der Waals surface area contributed by atoms with Crippen LogP contribution < -0.4 is 0 Å². The molecule has 1 aromatic carbocycles. The van der Waals surface area contributed by atoms with E-state index in [4.69, 9.17) is 11.6 Å². The molecule has 1 unspecified atom stereocenters. The van der Waals surface area contributed by atoms with Gasteiger partial charge in [0.05, 0.1) is 11.7 Å². The lowest BCUT2D eigenvalue weighted by atomic mass is 10.1. The Morgan fingerprint density at radius 2 is 1.96 bits per heavy atom. The van der Waals surface area contributed by atoms with Crippen LogP contribution >= 0.6 is 11.6 Å². The molecule has 3 rings (SSSR count). The van der Waals surface area contributed by atoms with Crippen LogP contribution in [-0.4, -0.2) is 64.2 Å². The zero-order valence-electron chi connectivity index (χ0n) is 13.9. The van der Waals surface area contributed by atoms with E-state index >= 15 is 0 Å². The second-order valence-electron chi connectivity index (χ2n) is 6.00. The van der Waals surface area contributed by atoms with Gasteiger partial charge < -0.3 is 9.69 Å². The molecule has 7 heteroatoms. The Kier molecular flexibility index (Phi) is 5.40. The summed E-state index contributed by atoms with van der Waals surface area (Å²) >= 11 is 6.02. The summed E-state index contributed by atoms with van der Waals surface area (Å²) in [6.07, 6.45) is 2.33. The SMILES string of the molecule is CC(C=O)N1CCN(C(=O)c2cc(-c3cccc(Cl)c3)ncn2)CC1. The van der Waals surface area contributed by atoms with Gasteiger partial charge in [0.2, 0.25) is 0 Å². The van der Waals surface area contributed by atoms with Crippen LogP contribution in [0, 0.1) is 0 Å². The average molecular weight is 359 g/mol. The van der Waals surface area contributed by atoms with Crippen molar-refractivity contribution < 1.29 is 9.59 Å². The summed E-state index contributed by atoms with van der Waals surface area (Å²) in [5.41, 5.74) is 1.87. The van der Waals surface area contributed by atoms with Gasteiger partial charge in [-0.2, -0.15) is 0 Å². The summed E-state index contributed by atoms with van der Waals surface area (Å²) in [6.45, 7) is 4.38. The maximum Gasteiger partial charge on any atom is 0.272 e. The topological polar surface area (TPSA) is 66.4 Å². The van der Waals surface area contributed by atoms with Gasteiger partial charge in [-0.25, -0.2) is 9.97 Å². The molecule has 25 heavy (non-hydrogen) atoms. The number of aldehydes is 1. The van der Waals surface area contributed by atoms with Gasteiger partial charge >= 0.3 is 0 Å². The fourth-order valence-corrected chi connectivity index (χ4v) is 3.05. The highest BCUT2D eigenvalue weighted by atomic mass is 35.5. The molecule has 0 saturated carbocycles. The molecular weight excluding hydrogens is 340 g/mol.